The molecule has 2 heterocycles. The van der Waals surface area contributed by atoms with E-state index in [2.05, 4.69) is 26.0 Å². The van der Waals surface area contributed by atoms with E-state index in [1.54, 1.807) is 12.1 Å². The van der Waals surface area contributed by atoms with E-state index in [-0.39, 0.29) is 5.82 Å². The lowest BCUT2D eigenvalue weighted by molar-refractivity contribution is 0.289. The highest BCUT2D eigenvalue weighted by molar-refractivity contribution is 6.00. The van der Waals surface area contributed by atoms with Crippen LogP contribution in [0.3, 0.4) is 0 Å². The van der Waals surface area contributed by atoms with Gasteiger partial charge in [-0.2, -0.15) is 0 Å². The lowest BCUT2D eigenvalue weighted by atomic mass is 10.1. The van der Waals surface area contributed by atoms with E-state index >= 15 is 0 Å². The quantitative estimate of drug-likeness (QED) is 0.490. The molecule has 2 aromatic rings. The number of pyridine rings is 1. The Balaban J connectivity index is 1.47. The van der Waals surface area contributed by atoms with Crippen molar-refractivity contribution in [2.24, 2.45) is 5.16 Å². The van der Waals surface area contributed by atoms with Crippen molar-refractivity contribution in [3.05, 3.63) is 60.0 Å². The number of hydrogen-bond donors (Lipinski definition) is 1. The molecule has 6 heteroatoms. The second kappa shape index (κ2) is 9.29. The fourth-order valence-corrected chi connectivity index (χ4v) is 3.33. The Labute approximate surface area is 153 Å². The molecule has 1 N–H and O–H groups in total. The Morgan fingerprint density at radius 3 is 2.65 bits per heavy atom. The van der Waals surface area contributed by atoms with Gasteiger partial charge in [-0.15, -0.1) is 0 Å². The van der Waals surface area contributed by atoms with Gasteiger partial charge >= 0.3 is 0 Å². The summed E-state index contributed by atoms with van der Waals surface area (Å²) in [7, 11) is 0. The zero-order valence-corrected chi connectivity index (χ0v) is 14.9. The fraction of sp³-hybridized carbons (Fsp3) is 0.400. The summed E-state index contributed by atoms with van der Waals surface area (Å²) in [6, 6.07) is 12.1. The van der Waals surface area contributed by atoms with Crippen molar-refractivity contribution in [2.75, 3.05) is 37.6 Å². The van der Waals surface area contributed by atoms with Crippen LogP contribution in [-0.2, 0) is 0 Å². The summed E-state index contributed by atoms with van der Waals surface area (Å²) < 4.78 is 13.0. The minimum Gasteiger partial charge on any atom is -0.411 e. The topological polar surface area (TPSA) is 52.0 Å². The van der Waals surface area contributed by atoms with Gasteiger partial charge in [0.2, 0.25) is 0 Å². The predicted octanol–water partition coefficient (Wildman–Crippen LogP) is 3.39. The molecule has 3 rings (SSSR count). The summed E-state index contributed by atoms with van der Waals surface area (Å²) in [5.41, 5.74) is 1.38. The van der Waals surface area contributed by atoms with E-state index in [0.29, 0.717) is 12.1 Å². The molecule has 1 aromatic carbocycles. The van der Waals surface area contributed by atoms with Gasteiger partial charge in [0.25, 0.3) is 0 Å². The smallest absolute Gasteiger partial charge is 0.128 e. The standard InChI is InChI=1S/C20H25FN4O/c21-18-9-7-17(8-10-18)19(23-26)5-3-12-24-13-4-14-25(16-15-24)20-6-1-2-11-22-20/h1-2,6-11,26H,3-5,12-16H2/b23-19-. The monoisotopic (exact) mass is 356 g/mol. The van der Waals surface area contributed by atoms with Gasteiger partial charge in [0.1, 0.15) is 11.6 Å². The summed E-state index contributed by atoms with van der Waals surface area (Å²) in [6.45, 7) is 5.00. The first kappa shape index (κ1) is 18.3. The Kier molecular flexibility index (Phi) is 6.55. The van der Waals surface area contributed by atoms with Gasteiger partial charge in [-0.05, 0) is 62.2 Å². The molecule has 1 saturated heterocycles. The maximum atomic E-state index is 13.0. The number of benzene rings is 1. The molecule has 138 valence electrons. The zero-order chi connectivity index (χ0) is 18.2. The Hall–Kier alpha value is -2.47. The van der Waals surface area contributed by atoms with Crippen LogP contribution in [0.1, 0.15) is 24.8 Å². The normalized spacial score (nSPS) is 16.5. The highest BCUT2D eigenvalue weighted by atomic mass is 19.1. The van der Waals surface area contributed by atoms with Gasteiger partial charge in [0, 0.05) is 25.8 Å². The number of oxime groups is 1. The predicted molar refractivity (Wildman–Crippen MR) is 101 cm³/mol. The molecule has 26 heavy (non-hydrogen) atoms. The molecule has 0 aliphatic carbocycles. The number of rotatable bonds is 6. The minimum atomic E-state index is -0.284. The Bertz CT molecular complexity index is 706. The molecule has 1 aliphatic heterocycles. The molecule has 0 amide bonds. The van der Waals surface area contributed by atoms with Crippen LogP contribution in [0, 0.1) is 5.82 Å². The van der Waals surface area contributed by atoms with Crippen LogP contribution in [0.4, 0.5) is 10.2 Å². The minimum absolute atomic E-state index is 0.284. The van der Waals surface area contributed by atoms with Gasteiger partial charge in [-0.3, -0.25) is 0 Å². The van der Waals surface area contributed by atoms with Crippen LogP contribution in [0.25, 0.3) is 0 Å². The Morgan fingerprint density at radius 1 is 1.08 bits per heavy atom. The van der Waals surface area contributed by atoms with E-state index in [9.17, 15) is 9.60 Å². The third kappa shape index (κ3) is 5.02. The lowest BCUT2D eigenvalue weighted by Crippen LogP contribution is -2.31. The number of anilines is 1. The van der Waals surface area contributed by atoms with E-state index in [1.807, 2.05) is 18.3 Å². The molecule has 0 radical (unpaired) electrons. The first-order chi connectivity index (χ1) is 12.8. The molecule has 1 aliphatic rings. The van der Waals surface area contributed by atoms with Crippen LogP contribution < -0.4 is 4.90 Å². The van der Waals surface area contributed by atoms with Crippen molar-refractivity contribution < 1.29 is 9.60 Å². The Morgan fingerprint density at radius 2 is 1.92 bits per heavy atom. The zero-order valence-electron chi connectivity index (χ0n) is 14.9. The van der Waals surface area contributed by atoms with E-state index in [4.69, 9.17) is 0 Å². The van der Waals surface area contributed by atoms with Gasteiger partial charge in [-0.25, -0.2) is 9.37 Å². The van der Waals surface area contributed by atoms with Crippen molar-refractivity contribution in [1.29, 1.82) is 0 Å². The summed E-state index contributed by atoms with van der Waals surface area (Å²) in [5.74, 6) is 0.758. The fourth-order valence-electron chi connectivity index (χ4n) is 3.33. The second-order valence-electron chi connectivity index (χ2n) is 6.53. The molecule has 0 spiro atoms. The van der Waals surface area contributed by atoms with Crippen molar-refractivity contribution in [2.45, 2.75) is 19.3 Å². The molecule has 0 atom stereocenters. The summed E-state index contributed by atoms with van der Waals surface area (Å²) >= 11 is 0. The van der Waals surface area contributed by atoms with Crippen LogP contribution in [0.5, 0.6) is 0 Å². The number of nitrogens with zero attached hydrogens (tertiary/aromatic N) is 4. The maximum absolute atomic E-state index is 13.0. The number of hydrogen-bond acceptors (Lipinski definition) is 5. The molecular formula is C20H25FN4O. The average Bonchev–Trinajstić information content (AvgIpc) is 2.93. The van der Waals surface area contributed by atoms with Crippen molar-refractivity contribution in [1.82, 2.24) is 9.88 Å². The molecule has 5 nitrogen and oxygen atoms in total. The van der Waals surface area contributed by atoms with Crippen molar-refractivity contribution in [3.8, 4) is 0 Å². The maximum Gasteiger partial charge on any atom is 0.128 e. The summed E-state index contributed by atoms with van der Waals surface area (Å²) in [5, 5.41) is 12.7. The molecule has 0 bridgehead atoms. The molecule has 0 unspecified atom stereocenters. The summed E-state index contributed by atoms with van der Waals surface area (Å²) in [6.07, 6.45) is 4.52. The third-order valence-electron chi connectivity index (χ3n) is 4.75. The number of halogens is 1. The van der Waals surface area contributed by atoms with Crippen LogP contribution >= 0.6 is 0 Å². The first-order valence-corrected chi connectivity index (χ1v) is 9.11. The van der Waals surface area contributed by atoms with Gasteiger partial charge in [-0.1, -0.05) is 23.4 Å². The molecule has 1 aromatic heterocycles. The van der Waals surface area contributed by atoms with Crippen LogP contribution in [0.2, 0.25) is 0 Å². The highest BCUT2D eigenvalue weighted by Crippen LogP contribution is 2.14. The number of aromatic nitrogens is 1. The third-order valence-corrected chi connectivity index (χ3v) is 4.75. The van der Waals surface area contributed by atoms with Crippen LogP contribution in [0.15, 0.2) is 53.8 Å². The summed E-state index contributed by atoms with van der Waals surface area (Å²) in [4.78, 5) is 9.22. The largest absolute Gasteiger partial charge is 0.411 e. The van der Waals surface area contributed by atoms with Crippen molar-refractivity contribution in [3.63, 3.8) is 0 Å². The highest BCUT2D eigenvalue weighted by Gasteiger charge is 2.16. The molecule has 1 fully saturated rings. The average molecular weight is 356 g/mol. The molecular weight excluding hydrogens is 331 g/mol. The van der Waals surface area contributed by atoms with E-state index < -0.39 is 0 Å². The SMILES string of the molecule is O/N=C(/CCCN1CCCN(c2ccccn2)CC1)c1ccc(F)cc1. The van der Waals surface area contributed by atoms with Crippen molar-refractivity contribution >= 4 is 11.5 Å². The first-order valence-electron chi connectivity index (χ1n) is 9.11. The molecule has 0 saturated carbocycles. The van der Waals surface area contributed by atoms with E-state index in [0.717, 1.165) is 56.9 Å². The van der Waals surface area contributed by atoms with Gasteiger partial charge in [0.15, 0.2) is 0 Å². The second-order valence-corrected chi connectivity index (χ2v) is 6.53. The van der Waals surface area contributed by atoms with Gasteiger partial charge < -0.3 is 15.0 Å². The van der Waals surface area contributed by atoms with Gasteiger partial charge in [0.05, 0.1) is 5.71 Å². The lowest BCUT2D eigenvalue weighted by Gasteiger charge is -2.22. The van der Waals surface area contributed by atoms with E-state index in [1.165, 1.54) is 12.1 Å². The van der Waals surface area contributed by atoms with Crippen LogP contribution in [-0.4, -0.2) is 53.5 Å².